The van der Waals surface area contributed by atoms with Crippen molar-refractivity contribution in [1.29, 1.82) is 0 Å². The predicted molar refractivity (Wildman–Crippen MR) is 164 cm³/mol. The minimum Gasteiger partial charge on any atom is -0.466 e. The average molecular weight is 589 g/mol. The van der Waals surface area contributed by atoms with E-state index in [1.165, 1.54) is 6.08 Å². The van der Waals surface area contributed by atoms with Gasteiger partial charge in [-0.2, -0.15) is 0 Å². The van der Waals surface area contributed by atoms with E-state index in [4.69, 9.17) is 9.47 Å². The number of ether oxygens (including phenoxy) is 2. The van der Waals surface area contributed by atoms with E-state index in [1.54, 1.807) is 23.6 Å². The van der Waals surface area contributed by atoms with Crippen LogP contribution in [0.3, 0.4) is 0 Å². The van der Waals surface area contributed by atoms with Crippen LogP contribution < -0.4 is 0 Å². The Bertz CT molecular complexity index is 1240. The van der Waals surface area contributed by atoms with Gasteiger partial charge in [0.15, 0.2) is 0 Å². The largest absolute Gasteiger partial charge is 0.466 e. The van der Waals surface area contributed by atoms with Gasteiger partial charge < -0.3 is 14.4 Å². The van der Waals surface area contributed by atoms with E-state index >= 15 is 0 Å². The van der Waals surface area contributed by atoms with E-state index in [-0.39, 0.29) is 24.9 Å². The number of rotatable bonds is 13. The summed E-state index contributed by atoms with van der Waals surface area (Å²) < 4.78 is 9.92. The zero-order valence-corrected chi connectivity index (χ0v) is 24.5. The molecule has 1 saturated heterocycles. The van der Waals surface area contributed by atoms with Gasteiger partial charge in [0.1, 0.15) is 6.61 Å². The third-order valence-electron chi connectivity index (χ3n) is 7.41. The number of hydrogen-bond acceptors (Lipinski definition) is 7. The number of benzene rings is 3. The molecule has 1 heterocycles. The molecule has 3 atom stereocenters. The third-order valence-corrected chi connectivity index (χ3v) is 9.15. The summed E-state index contributed by atoms with van der Waals surface area (Å²) in [5.41, 5.74) is 3.22. The smallest absolute Gasteiger partial charge is 0.410 e. The molecule has 1 amide bonds. The maximum absolute atomic E-state index is 13.3. The van der Waals surface area contributed by atoms with Gasteiger partial charge in [0.2, 0.25) is 6.54 Å². The van der Waals surface area contributed by atoms with E-state index in [0.717, 1.165) is 16.7 Å². The molecule has 1 unspecified atom stereocenters. The Kier molecular flexibility index (Phi) is 10.8. The number of nitrogens with zero attached hydrogens (tertiary/aromatic N) is 2. The molecule has 9 heteroatoms. The Labute approximate surface area is 250 Å². The van der Waals surface area contributed by atoms with Crippen molar-refractivity contribution in [1.82, 2.24) is 4.90 Å². The molecule has 0 aliphatic carbocycles. The molecule has 4 rings (SSSR count). The molecule has 0 aromatic heterocycles. The van der Waals surface area contributed by atoms with Crippen LogP contribution in [0.4, 0.5) is 4.79 Å². The highest BCUT2D eigenvalue weighted by atomic mass is 32.2. The number of carbonyl (C=O) groups excluding carboxylic acids is 2. The summed E-state index contributed by atoms with van der Waals surface area (Å²) in [6.45, 7) is 5.34. The summed E-state index contributed by atoms with van der Waals surface area (Å²) >= 11 is 1.72. The maximum Gasteiger partial charge on any atom is 0.410 e. The van der Waals surface area contributed by atoms with Crippen LogP contribution in [-0.4, -0.2) is 59.5 Å². The Morgan fingerprint density at radius 2 is 1.52 bits per heavy atom. The molecule has 1 aliphatic heterocycles. The highest BCUT2D eigenvalue weighted by Crippen LogP contribution is 2.52. The van der Waals surface area contributed by atoms with Crippen molar-refractivity contribution < 1.29 is 24.0 Å². The molecule has 8 nitrogen and oxygen atoms in total. The first-order valence-electron chi connectivity index (χ1n) is 14.0. The monoisotopic (exact) mass is 588 g/mol. The van der Waals surface area contributed by atoms with Gasteiger partial charge in [0, 0.05) is 22.8 Å². The van der Waals surface area contributed by atoms with Crippen LogP contribution in [0.1, 0.15) is 36.5 Å². The molecule has 0 spiro atoms. The summed E-state index contributed by atoms with van der Waals surface area (Å²) in [5.74, 6) is -1.26. The van der Waals surface area contributed by atoms with E-state index in [1.807, 2.05) is 54.6 Å². The maximum atomic E-state index is 13.3. The van der Waals surface area contributed by atoms with E-state index in [0.29, 0.717) is 13.0 Å². The quantitative estimate of drug-likeness (QED) is 0.0757. The van der Waals surface area contributed by atoms with Crippen molar-refractivity contribution in [3.05, 3.63) is 130 Å². The van der Waals surface area contributed by atoms with Crippen LogP contribution in [0, 0.1) is 16.0 Å². The van der Waals surface area contributed by atoms with Crippen LogP contribution in [0.15, 0.2) is 104 Å². The first kappa shape index (κ1) is 30.8. The highest BCUT2D eigenvalue weighted by molar-refractivity contribution is 8.01. The lowest BCUT2D eigenvalue weighted by atomic mass is 9.84. The van der Waals surface area contributed by atoms with Crippen molar-refractivity contribution in [3.8, 4) is 0 Å². The zero-order valence-electron chi connectivity index (χ0n) is 23.7. The molecular weight excluding hydrogens is 552 g/mol. The Morgan fingerprint density at radius 1 is 1.00 bits per heavy atom. The second-order valence-electron chi connectivity index (χ2n) is 10.1. The number of nitro groups is 1. The van der Waals surface area contributed by atoms with Gasteiger partial charge in [-0.25, -0.2) is 4.79 Å². The molecule has 0 radical (unpaired) electrons. The predicted octanol–water partition coefficient (Wildman–Crippen LogP) is 6.32. The molecule has 0 bridgehead atoms. The van der Waals surface area contributed by atoms with Gasteiger partial charge >= 0.3 is 12.1 Å². The minimum absolute atomic E-state index is 0.0135. The topological polar surface area (TPSA) is 99.0 Å². The van der Waals surface area contributed by atoms with Gasteiger partial charge in [-0.3, -0.25) is 14.9 Å². The van der Waals surface area contributed by atoms with Gasteiger partial charge in [0.05, 0.1) is 23.7 Å². The third kappa shape index (κ3) is 7.20. The molecule has 1 aliphatic rings. The lowest BCUT2D eigenvalue weighted by molar-refractivity contribution is -0.489. The van der Waals surface area contributed by atoms with Crippen LogP contribution >= 0.6 is 11.8 Å². The van der Waals surface area contributed by atoms with Crippen LogP contribution in [0.25, 0.3) is 0 Å². The van der Waals surface area contributed by atoms with E-state index in [2.05, 4.69) is 43.0 Å². The van der Waals surface area contributed by atoms with Crippen molar-refractivity contribution >= 4 is 23.8 Å². The highest BCUT2D eigenvalue weighted by Gasteiger charge is 2.47. The lowest BCUT2D eigenvalue weighted by Crippen LogP contribution is -2.43. The molecule has 220 valence electrons. The standard InChI is InChI=1S/C33H36N2O6S/c1-3-20-41-32(37)34-24-29(22-30(34)25(23-35(38)39)21-31(36)40-4-2)42-33(26-14-8-5-9-15-26,27-16-10-6-11-17-27)28-18-12-7-13-19-28/h3,5-19,25,29-30H,1,4,20-24H2,2H3/t25?,29-,30-/m0/s1. The molecule has 0 saturated carbocycles. The second-order valence-corrected chi connectivity index (χ2v) is 11.6. The summed E-state index contributed by atoms with van der Waals surface area (Å²) in [5, 5.41) is 11.6. The fraction of sp³-hybridized carbons (Fsp3) is 0.333. The second kappa shape index (κ2) is 14.7. The summed E-state index contributed by atoms with van der Waals surface area (Å²) in [4.78, 5) is 38.7. The molecule has 3 aromatic carbocycles. The number of thioether (sulfide) groups is 1. The molecule has 0 N–H and O–H groups in total. The Morgan fingerprint density at radius 3 is 1.98 bits per heavy atom. The molecular formula is C33H36N2O6S. The Hall–Kier alpha value is -4.11. The Balaban J connectivity index is 1.78. The van der Waals surface area contributed by atoms with Gasteiger partial charge in [-0.1, -0.05) is 104 Å². The van der Waals surface area contributed by atoms with Gasteiger partial charge in [0.25, 0.3) is 0 Å². The molecule has 42 heavy (non-hydrogen) atoms. The number of amides is 1. The summed E-state index contributed by atoms with van der Waals surface area (Å²) in [6.07, 6.45) is 1.18. The van der Waals surface area contributed by atoms with Crippen molar-refractivity contribution in [2.24, 2.45) is 5.92 Å². The van der Waals surface area contributed by atoms with Crippen molar-refractivity contribution in [2.45, 2.75) is 35.8 Å². The average Bonchev–Trinajstić information content (AvgIpc) is 3.43. The van der Waals surface area contributed by atoms with Gasteiger partial charge in [-0.05, 0) is 30.0 Å². The van der Waals surface area contributed by atoms with Crippen LogP contribution in [-0.2, 0) is 19.0 Å². The molecule has 3 aromatic rings. The number of esters is 1. The molecule has 1 fully saturated rings. The van der Waals surface area contributed by atoms with E-state index in [9.17, 15) is 19.7 Å². The van der Waals surface area contributed by atoms with Crippen molar-refractivity contribution in [2.75, 3.05) is 26.3 Å². The number of carbonyl (C=O) groups is 2. The van der Waals surface area contributed by atoms with Gasteiger partial charge in [-0.15, -0.1) is 11.8 Å². The lowest BCUT2D eigenvalue weighted by Gasteiger charge is -2.37. The summed E-state index contributed by atoms with van der Waals surface area (Å²) in [7, 11) is 0. The minimum atomic E-state index is -0.736. The number of likely N-dealkylation sites (tertiary alicyclic amines) is 1. The summed E-state index contributed by atoms with van der Waals surface area (Å²) in [6, 6.07) is 30.1. The normalized spacial score (nSPS) is 17.3. The van der Waals surface area contributed by atoms with Crippen LogP contribution in [0.2, 0.25) is 0 Å². The van der Waals surface area contributed by atoms with E-state index < -0.39 is 40.2 Å². The van der Waals surface area contributed by atoms with Crippen molar-refractivity contribution in [3.63, 3.8) is 0 Å². The first-order valence-corrected chi connectivity index (χ1v) is 14.9. The van der Waals surface area contributed by atoms with Crippen LogP contribution in [0.5, 0.6) is 0 Å². The number of hydrogen-bond donors (Lipinski definition) is 0. The fourth-order valence-corrected chi connectivity index (χ4v) is 7.55. The zero-order chi connectivity index (χ0) is 30.0. The first-order chi connectivity index (χ1) is 20.4. The fourth-order valence-electron chi connectivity index (χ4n) is 5.70. The SMILES string of the molecule is C=CCOC(=O)N1C[C@@H](SC(c2ccccc2)(c2ccccc2)c2ccccc2)C[C@H]1C(CC(=O)OCC)C[N+](=O)[O-].